The van der Waals surface area contributed by atoms with Crippen molar-refractivity contribution in [2.24, 2.45) is 0 Å². The summed E-state index contributed by atoms with van der Waals surface area (Å²) in [5.41, 5.74) is 6.95. The Bertz CT molecular complexity index is 657. The molecule has 3 rings (SSSR count). The first-order valence-electron chi connectivity index (χ1n) is 5.87. The highest BCUT2D eigenvalue weighted by Crippen LogP contribution is 2.16. The number of aryl methyl sites for hydroxylation is 1. The van der Waals surface area contributed by atoms with E-state index in [1.807, 2.05) is 6.20 Å². The maximum atomic E-state index is 5.63. The number of nitrogens with zero attached hydrogens (tertiary/aromatic N) is 6. The Morgan fingerprint density at radius 1 is 1.37 bits per heavy atom. The van der Waals surface area contributed by atoms with Crippen molar-refractivity contribution in [3.05, 3.63) is 18.7 Å². The maximum Gasteiger partial charge on any atom is 0.224 e. The van der Waals surface area contributed by atoms with E-state index in [1.54, 1.807) is 17.2 Å². The Morgan fingerprint density at radius 3 is 3.16 bits per heavy atom. The second-order valence-electron chi connectivity index (χ2n) is 3.98. The predicted octanol–water partition coefficient (Wildman–Crippen LogP) is 0.0288. The second kappa shape index (κ2) is 4.88. The molecule has 0 bridgehead atoms. The summed E-state index contributed by atoms with van der Waals surface area (Å²) in [4.78, 5) is 15.2. The monoisotopic (exact) mass is 259 g/mol. The number of nitrogen functional groups attached to an aromatic ring is 1. The van der Waals surface area contributed by atoms with Crippen LogP contribution in [0, 0.1) is 0 Å². The number of aromatic amines is 1. The minimum Gasteiger partial charge on any atom is -0.368 e. The van der Waals surface area contributed by atoms with Crippen LogP contribution in [-0.4, -0.2) is 41.5 Å². The van der Waals surface area contributed by atoms with Gasteiger partial charge in [-0.3, -0.25) is 4.68 Å². The number of hydrogen-bond acceptors (Lipinski definition) is 7. The van der Waals surface area contributed by atoms with Gasteiger partial charge in [0.25, 0.3) is 0 Å². The van der Waals surface area contributed by atoms with Gasteiger partial charge < -0.3 is 16.0 Å². The van der Waals surface area contributed by atoms with Gasteiger partial charge in [0, 0.05) is 19.3 Å². The van der Waals surface area contributed by atoms with Crippen LogP contribution in [-0.2, 0) is 6.54 Å². The van der Waals surface area contributed by atoms with Gasteiger partial charge >= 0.3 is 0 Å². The Kier molecular flexibility index (Phi) is 2.93. The van der Waals surface area contributed by atoms with Crippen LogP contribution in [0.4, 0.5) is 11.8 Å². The van der Waals surface area contributed by atoms with Crippen molar-refractivity contribution in [3.63, 3.8) is 0 Å². The van der Waals surface area contributed by atoms with Crippen molar-refractivity contribution in [3.8, 4) is 0 Å². The minimum atomic E-state index is 0.207. The lowest BCUT2D eigenvalue weighted by Crippen LogP contribution is -2.10. The molecule has 0 aromatic carbocycles. The molecule has 3 aromatic rings. The van der Waals surface area contributed by atoms with Crippen LogP contribution in [0.2, 0.25) is 0 Å². The zero-order valence-electron chi connectivity index (χ0n) is 10.1. The molecule has 9 heteroatoms. The summed E-state index contributed by atoms with van der Waals surface area (Å²) in [6.45, 7) is 1.53. The van der Waals surface area contributed by atoms with Gasteiger partial charge in [0.1, 0.15) is 5.52 Å². The van der Waals surface area contributed by atoms with Crippen LogP contribution in [0.25, 0.3) is 11.2 Å². The number of H-pyrrole nitrogens is 1. The van der Waals surface area contributed by atoms with Gasteiger partial charge in [-0.25, -0.2) is 4.98 Å². The van der Waals surface area contributed by atoms with Crippen molar-refractivity contribution in [1.82, 2.24) is 34.9 Å². The first kappa shape index (κ1) is 11.4. The molecule has 9 nitrogen and oxygen atoms in total. The summed E-state index contributed by atoms with van der Waals surface area (Å²) in [6, 6.07) is 0. The van der Waals surface area contributed by atoms with Crippen LogP contribution in [0.5, 0.6) is 0 Å². The van der Waals surface area contributed by atoms with E-state index in [2.05, 4.69) is 35.6 Å². The fourth-order valence-corrected chi connectivity index (χ4v) is 1.78. The fraction of sp³-hybridized carbons (Fsp3) is 0.300. The number of aromatic nitrogens is 7. The maximum absolute atomic E-state index is 5.63. The van der Waals surface area contributed by atoms with E-state index in [4.69, 9.17) is 5.73 Å². The first-order chi connectivity index (χ1) is 9.33. The molecule has 0 aliphatic rings. The Labute approximate surface area is 108 Å². The molecule has 0 spiro atoms. The molecular weight excluding hydrogens is 246 g/mol. The predicted molar refractivity (Wildman–Crippen MR) is 69.2 cm³/mol. The van der Waals surface area contributed by atoms with E-state index in [9.17, 15) is 0 Å². The van der Waals surface area contributed by atoms with E-state index in [0.29, 0.717) is 11.5 Å². The third-order valence-electron chi connectivity index (χ3n) is 2.63. The molecule has 0 amide bonds. The molecule has 0 fully saturated rings. The summed E-state index contributed by atoms with van der Waals surface area (Å²) in [5.74, 6) is 0.872. The smallest absolute Gasteiger partial charge is 0.224 e. The molecular formula is C10H13N9. The average molecular weight is 259 g/mol. The fourth-order valence-electron chi connectivity index (χ4n) is 1.78. The molecule has 98 valence electrons. The van der Waals surface area contributed by atoms with E-state index in [1.165, 1.54) is 0 Å². The second-order valence-corrected chi connectivity index (χ2v) is 3.98. The third kappa shape index (κ3) is 2.44. The van der Waals surface area contributed by atoms with Gasteiger partial charge in [-0.05, 0) is 6.42 Å². The highest BCUT2D eigenvalue weighted by molar-refractivity contribution is 5.83. The highest BCUT2D eigenvalue weighted by atomic mass is 15.4. The minimum absolute atomic E-state index is 0.207. The van der Waals surface area contributed by atoms with Crippen LogP contribution in [0.15, 0.2) is 18.7 Å². The lowest BCUT2D eigenvalue weighted by molar-refractivity contribution is 0.569. The molecule has 0 aliphatic carbocycles. The normalized spacial score (nSPS) is 10.9. The molecule has 19 heavy (non-hydrogen) atoms. The van der Waals surface area contributed by atoms with E-state index >= 15 is 0 Å². The molecule has 0 unspecified atom stereocenters. The number of fused-ring (bicyclic) bond motifs is 1. The quantitative estimate of drug-likeness (QED) is 0.552. The van der Waals surface area contributed by atoms with Gasteiger partial charge in [-0.1, -0.05) is 5.21 Å². The summed E-state index contributed by atoms with van der Waals surface area (Å²) < 4.78 is 1.78. The van der Waals surface area contributed by atoms with Crippen LogP contribution in [0.1, 0.15) is 6.42 Å². The largest absolute Gasteiger partial charge is 0.368 e. The van der Waals surface area contributed by atoms with Crippen LogP contribution < -0.4 is 11.1 Å². The lowest BCUT2D eigenvalue weighted by Gasteiger charge is -2.06. The molecule has 0 radical (unpaired) electrons. The SMILES string of the molecule is Nc1nc(NCCCn2ccnn2)c2[nH]cnc2n1. The lowest BCUT2D eigenvalue weighted by atomic mass is 10.4. The molecule has 0 aliphatic heterocycles. The topological polar surface area (TPSA) is 123 Å². The number of hydrogen-bond donors (Lipinski definition) is 3. The van der Waals surface area contributed by atoms with Crippen molar-refractivity contribution >= 4 is 22.9 Å². The number of imidazole rings is 1. The zero-order valence-corrected chi connectivity index (χ0v) is 10.1. The Hall–Kier alpha value is -2.71. The van der Waals surface area contributed by atoms with Gasteiger partial charge in [-0.15, -0.1) is 5.10 Å². The summed E-state index contributed by atoms with van der Waals surface area (Å²) in [5, 5.41) is 10.9. The van der Waals surface area contributed by atoms with Crippen molar-refractivity contribution in [2.75, 3.05) is 17.6 Å². The van der Waals surface area contributed by atoms with Gasteiger partial charge in [0.15, 0.2) is 11.5 Å². The Balaban J connectivity index is 1.63. The van der Waals surface area contributed by atoms with E-state index in [0.717, 1.165) is 25.0 Å². The van der Waals surface area contributed by atoms with Gasteiger partial charge in [0.05, 0.1) is 12.5 Å². The zero-order chi connectivity index (χ0) is 13.1. The molecule has 0 saturated carbocycles. The number of nitrogens with two attached hydrogens (primary N) is 1. The first-order valence-corrected chi connectivity index (χ1v) is 5.87. The highest BCUT2D eigenvalue weighted by Gasteiger charge is 2.07. The third-order valence-corrected chi connectivity index (χ3v) is 2.63. The molecule has 0 atom stereocenters. The van der Waals surface area contributed by atoms with Crippen molar-refractivity contribution in [2.45, 2.75) is 13.0 Å². The van der Waals surface area contributed by atoms with Gasteiger partial charge in [-0.2, -0.15) is 9.97 Å². The van der Waals surface area contributed by atoms with Crippen molar-refractivity contribution in [1.29, 1.82) is 0 Å². The molecule has 3 heterocycles. The van der Waals surface area contributed by atoms with Crippen molar-refractivity contribution < 1.29 is 0 Å². The van der Waals surface area contributed by atoms with Gasteiger partial charge in [0.2, 0.25) is 5.95 Å². The standard InChI is InChI=1S/C10H13N9/c11-10-16-8(7-9(17-10)14-6-13-7)12-2-1-4-19-5-3-15-18-19/h3,5-6H,1-2,4H2,(H4,11,12,13,14,16,17). The van der Waals surface area contributed by atoms with E-state index in [-0.39, 0.29) is 5.95 Å². The van der Waals surface area contributed by atoms with Crippen LogP contribution >= 0.6 is 0 Å². The summed E-state index contributed by atoms with van der Waals surface area (Å²) in [7, 11) is 0. The summed E-state index contributed by atoms with van der Waals surface area (Å²) in [6.07, 6.45) is 5.95. The number of nitrogens with one attached hydrogen (secondary N) is 2. The number of rotatable bonds is 5. The average Bonchev–Trinajstić information content (AvgIpc) is 3.04. The summed E-state index contributed by atoms with van der Waals surface area (Å²) >= 11 is 0. The molecule has 3 aromatic heterocycles. The van der Waals surface area contributed by atoms with Crippen LogP contribution in [0.3, 0.4) is 0 Å². The Morgan fingerprint density at radius 2 is 2.32 bits per heavy atom. The molecule has 0 saturated heterocycles. The number of anilines is 2. The van der Waals surface area contributed by atoms with E-state index < -0.39 is 0 Å². The molecule has 4 N–H and O–H groups in total.